The number of piperazine rings is 1. The molecule has 10 heteroatoms. The van der Waals surface area contributed by atoms with Crippen LogP contribution in [0.1, 0.15) is 0 Å². The summed E-state index contributed by atoms with van der Waals surface area (Å²) in [6.07, 6.45) is 0. The maximum atomic E-state index is 13.2. The molecule has 1 amide bonds. The number of anilines is 2. The summed E-state index contributed by atoms with van der Waals surface area (Å²) in [5, 5.41) is 28.0. The first-order chi connectivity index (χ1) is 20.1. The van der Waals surface area contributed by atoms with Gasteiger partial charge in [-0.15, -0.1) is 11.3 Å². The normalized spacial score (nSPS) is 14.2. The molecule has 0 saturated carbocycles. The molecule has 0 atom stereocenters. The molecule has 3 aromatic carbocycles. The second kappa shape index (κ2) is 12.0. The van der Waals surface area contributed by atoms with Crippen LogP contribution in [0.3, 0.4) is 0 Å². The zero-order chi connectivity index (χ0) is 28.3. The number of hydrogen-bond donors (Lipinski definition) is 4. The van der Waals surface area contributed by atoms with Crippen molar-refractivity contribution in [1.82, 2.24) is 10.2 Å². The van der Waals surface area contributed by atoms with E-state index in [4.69, 9.17) is 4.42 Å². The average molecular weight is 573 g/mol. The first kappa shape index (κ1) is 27.4. The van der Waals surface area contributed by atoms with Crippen molar-refractivity contribution in [3.8, 4) is 11.1 Å². The monoisotopic (exact) mass is 572 g/mol. The van der Waals surface area contributed by atoms with Gasteiger partial charge in [-0.2, -0.15) is 0 Å². The van der Waals surface area contributed by atoms with Crippen LogP contribution in [0, 0.1) is 0 Å². The molecular weight excluding hydrogens is 540 g/mol. The Morgan fingerprint density at radius 2 is 1.73 bits per heavy atom. The topological polar surface area (TPSA) is 118 Å². The minimum atomic E-state index is -0.201. The van der Waals surface area contributed by atoms with Gasteiger partial charge in [-0.3, -0.25) is 14.5 Å². The highest BCUT2D eigenvalue weighted by Gasteiger charge is 2.21. The van der Waals surface area contributed by atoms with Gasteiger partial charge in [0, 0.05) is 76.6 Å². The minimum absolute atomic E-state index is 0.0510. The summed E-state index contributed by atoms with van der Waals surface area (Å²) >= 11 is 1.63. The van der Waals surface area contributed by atoms with Crippen LogP contribution in [0.25, 0.3) is 42.3 Å². The molecule has 212 valence electrons. The smallest absolute Gasteiger partial charge is 0.238 e. The van der Waals surface area contributed by atoms with E-state index in [2.05, 4.69) is 27.7 Å². The van der Waals surface area contributed by atoms with E-state index in [9.17, 15) is 19.8 Å². The van der Waals surface area contributed by atoms with Crippen LogP contribution >= 0.6 is 11.3 Å². The first-order valence-corrected chi connectivity index (χ1v) is 14.6. The fourth-order valence-electron chi connectivity index (χ4n) is 5.51. The van der Waals surface area contributed by atoms with Crippen LogP contribution in [0.2, 0.25) is 0 Å². The van der Waals surface area contributed by atoms with Crippen LogP contribution < -0.4 is 21.0 Å². The van der Waals surface area contributed by atoms with Crippen molar-refractivity contribution in [1.29, 1.82) is 0 Å². The lowest BCUT2D eigenvalue weighted by Crippen LogP contribution is -2.46. The highest BCUT2D eigenvalue weighted by Crippen LogP contribution is 2.45. The number of hydrogen-bond acceptors (Lipinski definition) is 9. The summed E-state index contributed by atoms with van der Waals surface area (Å²) in [6.45, 7) is 3.92. The quantitative estimate of drug-likeness (QED) is 0.212. The molecule has 0 aliphatic carbocycles. The summed E-state index contributed by atoms with van der Waals surface area (Å²) in [6, 6.07) is 18.9. The van der Waals surface area contributed by atoms with Crippen molar-refractivity contribution in [2.45, 2.75) is 0 Å². The van der Waals surface area contributed by atoms with Crippen molar-refractivity contribution < 1.29 is 19.4 Å². The molecule has 5 aromatic rings. The van der Waals surface area contributed by atoms with Crippen LogP contribution in [0.4, 0.5) is 11.6 Å². The molecule has 1 aliphatic rings. The third-order valence-electron chi connectivity index (χ3n) is 7.46. The van der Waals surface area contributed by atoms with E-state index in [1.54, 1.807) is 22.3 Å². The lowest BCUT2D eigenvalue weighted by Gasteiger charge is -2.26. The Bertz CT molecular complexity index is 1770. The number of fused-ring (bicyclic) bond motifs is 4. The van der Waals surface area contributed by atoms with Crippen molar-refractivity contribution in [3.05, 3.63) is 70.9 Å². The zero-order valence-corrected chi connectivity index (χ0v) is 23.4. The van der Waals surface area contributed by atoms with E-state index in [0.29, 0.717) is 23.4 Å². The predicted molar refractivity (Wildman–Crippen MR) is 165 cm³/mol. The van der Waals surface area contributed by atoms with E-state index >= 15 is 0 Å². The van der Waals surface area contributed by atoms with Crippen LogP contribution in [-0.4, -0.2) is 80.0 Å². The summed E-state index contributed by atoms with van der Waals surface area (Å²) in [4.78, 5) is 30.1. The molecule has 3 heterocycles. The SMILES string of the molecule is O=C(CN1CCNCC1)Nc1ccc(-c2cccc3c(=O)cc(N(CCO)CCO)oc23)c2sc3ccccc3c12. The van der Waals surface area contributed by atoms with E-state index in [0.717, 1.165) is 63.2 Å². The van der Waals surface area contributed by atoms with E-state index < -0.39 is 0 Å². The number of nitrogens with zero attached hydrogens (tertiary/aromatic N) is 2. The molecule has 0 unspecified atom stereocenters. The number of aliphatic hydroxyl groups is 2. The molecular formula is C31H32N4O5S. The number of para-hydroxylation sites is 1. The maximum absolute atomic E-state index is 13.2. The molecule has 1 aliphatic heterocycles. The maximum Gasteiger partial charge on any atom is 0.238 e. The molecule has 0 radical (unpaired) electrons. The summed E-state index contributed by atoms with van der Waals surface area (Å²) in [7, 11) is 0. The molecule has 0 bridgehead atoms. The molecule has 1 fully saturated rings. The van der Waals surface area contributed by atoms with Crippen LogP contribution in [0.5, 0.6) is 0 Å². The van der Waals surface area contributed by atoms with Gasteiger partial charge in [-0.05, 0) is 18.2 Å². The average Bonchev–Trinajstić information content (AvgIpc) is 3.38. The lowest BCUT2D eigenvalue weighted by atomic mass is 9.99. The fraction of sp³-hybridized carbons (Fsp3) is 0.290. The summed E-state index contributed by atoms with van der Waals surface area (Å²) in [5.74, 6) is 0.243. The number of benzene rings is 3. The predicted octanol–water partition coefficient (Wildman–Crippen LogP) is 3.46. The lowest BCUT2D eigenvalue weighted by molar-refractivity contribution is -0.117. The van der Waals surface area contributed by atoms with E-state index in [-0.39, 0.29) is 37.6 Å². The number of carbonyl (C=O) groups excluding carboxylic acids is 1. The Labute approximate surface area is 240 Å². The van der Waals surface area contributed by atoms with Crippen molar-refractivity contribution in [2.24, 2.45) is 0 Å². The number of carbonyl (C=O) groups is 1. The van der Waals surface area contributed by atoms with Gasteiger partial charge in [0.15, 0.2) is 11.3 Å². The van der Waals surface area contributed by atoms with E-state index in [1.165, 1.54) is 6.07 Å². The molecule has 2 aromatic heterocycles. The Morgan fingerprint density at radius 1 is 0.976 bits per heavy atom. The number of nitrogens with one attached hydrogen (secondary N) is 2. The van der Waals surface area contributed by atoms with Gasteiger partial charge < -0.3 is 30.2 Å². The van der Waals surface area contributed by atoms with Gasteiger partial charge in [0.1, 0.15) is 5.58 Å². The standard InChI is InChI=1S/C31H32N4O5S/c36-16-14-35(15-17-37)28-18-25(38)22-6-3-5-20(30(22)40-28)21-8-9-24(33-27(39)19-34-12-10-32-11-13-34)29-23-4-1-2-7-26(23)41-31(21)29/h1-9,18,32,36-37H,10-17,19H2,(H,33,39). The second-order valence-electron chi connectivity index (χ2n) is 10.1. The molecule has 0 spiro atoms. The third kappa shape index (κ3) is 5.44. The number of amides is 1. The van der Waals surface area contributed by atoms with Gasteiger partial charge in [-0.25, -0.2) is 0 Å². The fourth-order valence-corrected chi connectivity index (χ4v) is 6.77. The van der Waals surface area contributed by atoms with Crippen LogP contribution in [0.15, 0.2) is 69.9 Å². The molecule has 1 saturated heterocycles. The molecule has 6 rings (SSSR count). The summed E-state index contributed by atoms with van der Waals surface area (Å²) < 4.78 is 8.40. The van der Waals surface area contributed by atoms with Gasteiger partial charge in [0.05, 0.1) is 30.8 Å². The largest absolute Gasteiger partial charge is 0.440 e. The number of aliphatic hydroxyl groups excluding tert-OH is 2. The van der Waals surface area contributed by atoms with Crippen LogP contribution in [-0.2, 0) is 4.79 Å². The molecule has 41 heavy (non-hydrogen) atoms. The van der Waals surface area contributed by atoms with Gasteiger partial charge >= 0.3 is 0 Å². The van der Waals surface area contributed by atoms with Gasteiger partial charge in [0.2, 0.25) is 5.91 Å². The summed E-state index contributed by atoms with van der Waals surface area (Å²) in [5.41, 5.74) is 2.63. The van der Waals surface area contributed by atoms with Gasteiger partial charge in [0.25, 0.3) is 0 Å². The molecule has 9 nitrogen and oxygen atoms in total. The Kier molecular flexibility index (Phi) is 8.00. The highest BCUT2D eigenvalue weighted by molar-refractivity contribution is 7.26. The van der Waals surface area contributed by atoms with E-state index in [1.807, 2.05) is 36.4 Å². The Morgan fingerprint density at radius 3 is 2.51 bits per heavy atom. The zero-order valence-electron chi connectivity index (χ0n) is 22.6. The highest BCUT2D eigenvalue weighted by atomic mass is 32.1. The second-order valence-corrected chi connectivity index (χ2v) is 11.2. The number of rotatable bonds is 9. The van der Waals surface area contributed by atoms with Crippen molar-refractivity contribution in [3.63, 3.8) is 0 Å². The first-order valence-electron chi connectivity index (χ1n) is 13.8. The molecule has 4 N–H and O–H groups in total. The van der Waals surface area contributed by atoms with Crippen molar-refractivity contribution in [2.75, 3.05) is 69.2 Å². The Hall–Kier alpha value is -3.80. The minimum Gasteiger partial charge on any atom is -0.440 e. The van der Waals surface area contributed by atoms with Crippen molar-refractivity contribution >= 4 is 60.0 Å². The Balaban J connectivity index is 1.48. The number of thiophene rings is 1. The van der Waals surface area contributed by atoms with Gasteiger partial charge in [-0.1, -0.05) is 36.4 Å². The third-order valence-corrected chi connectivity index (χ3v) is 8.66.